The monoisotopic (exact) mass is 262 g/mol. The lowest BCUT2D eigenvalue weighted by molar-refractivity contribution is -0.117. The molecule has 0 radical (unpaired) electrons. The van der Waals surface area contributed by atoms with E-state index in [0.717, 1.165) is 11.3 Å². The van der Waals surface area contributed by atoms with Crippen LogP contribution < -0.4 is 10.2 Å². The number of hydrogen-bond donors (Lipinski definition) is 2. The van der Waals surface area contributed by atoms with Gasteiger partial charge in [0.05, 0.1) is 5.60 Å². The van der Waals surface area contributed by atoms with Crippen molar-refractivity contribution in [1.82, 2.24) is 5.32 Å². The van der Waals surface area contributed by atoms with Crippen LogP contribution in [0.15, 0.2) is 30.3 Å². The minimum Gasteiger partial charge on any atom is -0.389 e. The number of hydrogen-bond acceptors (Lipinski definition) is 3. The minimum absolute atomic E-state index is 0.209. The predicted molar refractivity (Wildman–Crippen MR) is 79.1 cm³/mol. The molecule has 0 aliphatic heterocycles. The molecule has 0 fully saturated rings. The second-order valence-corrected chi connectivity index (χ2v) is 5.35. The summed E-state index contributed by atoms with van der Waals surface area (Å²) in [6.45, 7) is 3.53. The molecule has 0 atom stereocenters. The Morgan fingerprint density at radius 3 is 2.37 bits per heavy atom. The molecule has 4 nitrogen and oxygen atoms in total. The van der Waals surface area contributed by atoms with Crippen molar-refractivity contribution < 1.29 is 9.90 Å². The largest absolute Gasteiger partial charge is 0.389 e. The predicted octanol–water partition coefficient (Wildman–Crippen LogP) is 1.65. The van der Waals surface area contributed by atoms with E-state index in [1.807, 2.05) is 43.3 Å². The molecule has 0 heterocycles. The van der Waals surface area contributed by atoms with Gasteiger partial charge in [0, 0.05) is 32.4 Å². The lowest BCUT2D eigenvalue weighted by Gasteiger charge is -2.16. The molecule has 0 aromatic heterocycles. The minimum atomic E-state index is -0.892. The molecule has 104 valence electrons. The Labute approximate surface area is 114 Å². The summed E-state index contributed by atoms with van der Waals surface area (Å²) in [5, 5.41) is 12.1. The molecule has 2 N–H and O–H groups in total. The van der Waals surface area contributed by atoms with Gasteiger partial charge < -0.3 is 15.3 Å². The highest BCUT2D eigenvalue weighted by molar-refractivity contribution is 5.91. The van der Waals surface area contributed by atoms with Crippen molar-refractivity contribution >= 4 is 17.7 Å². The number of rotatable bonds is 5. The van der Waals surface area contributed by atoms with Crippen LogP contribution in [0.4, 0.5) is 5.69 Å². The fourth-order valence-corrected chi connectivity index (χ4v) is 1.42. The highest BCUT2D eigenvalue weighted by Gasteiger charge is 2.12. The van der Waals surface area contributed by atoms with Crippen LogP contribution in [-0.4, -0.2) is 37.3 Å². The third-order valence-corrected chi connectivity index (χ3v) is 2.53. The van der Waals surface area contributed by atoms with Crippen molar-refractivity contribution in [2.24, 2.45) is 0 Å². The van der Waals surface area contributed by atoms with Crippen molar-refractivity contribution in [3.8, 4) is 0 Å². The normalized spacial score (nSPS) is 11.6. The van der Waals surface area contributed by atoms with Crippen LogP contribution in [0.1, 0.15) is 19.4 Å². The first-order chi connectivity index (χ1) is 8.78. The van der Waals surface area contributed by atoms with Crippen LogP contribution in [0, 0.1) is 0 Å². The zero-order valence-corrected chi connectivity index (χ0v) is 12.0. The van der Waals surface area contributed by atoms with Crippen molar-refractivity contribution in [2.45, 2.75) is 19.4 Å². The molecule has 0 spiro atoms. The van der Waals surface area contributed by atoms with Gasteiger partial charge in [-0.3, -0.25) is 4.79 Å². The maximum absolute atomic E-state index is 11.5. The van der Waals surface area contributed by atoms with Gasteiger partial charge >= 0.3 is 0 Å². The maximum Gasteiger partial charge on any atom is 0.244 e. The van der Waals surface area contributed by atoms with Crippen molar-refractivity contribution in [2.75, 3.05) is 25.5 Å². The summed E-state index contributed by atoms with van der Waals surface area (Å²) in [5.41, 5.74) is 1.18. The summed E-state index contributed by atoms with van der Waals surface area (Å²) >= 11 is 0. The first kappa shape index (κ1) is 15.2. The van der Waals surface area contributed by atoms with Gasteiger partial charge in [-0.25, -0.2) is 0 Å². The Balaban J connectivity index is 2.54. The molecule has 0 unspecified atom stereocenters. The van der Waals surface area contributed by atoms with Gasteiger partial charge in [-0.1, -0.05) is 12.1 Å². The summed E-state index contributed by atoms with van der Waals surface area (Å²) in [7, 11) is 3.96. The van der Waals surface area contributed by atoms with E-state index in [0.29, 0.717) is 0 Å². The van der Waals surface area contributed by atoms with E-state index >= 15 is 0 Å². The molecule has 19 heavy (non-hydrogen) atoms. The molecule has 0 aliphatic rings. The van der Waals surface area contributed by atoms with Crippen LogP contribution in [0.25, 0.3) is 6.08 Å². The fourth-order valence-electron chi connectivity index (χ4n) is 1.42. The summed E-state index contributed by atoms with van der Waals surface area (Å²) in [4.78, 5) is 13.5. The van der Waals surface area contributed by atoms with Crippen molar-refractivity contribution in [3.63, 3.8) is 0 Å². The van der Waals surface area contributed by atoms with Crippen molar-refractivity contribution in [3.05, 3.63) is 35.9 Å². The quantitative estimate of drug-likeness (QED) is 0.793. The number of aliphatic hydroxyl groups is 1. The fraction of sp³-hybridized carbons (Fsp3) is 0.400. The summed E-state index contributed by atoms with van der Waals surface area (Å²) in [6.07, 6.45) is 3.22. The second-order valence-electron chi connectivity index (χ2n) is 5.35. The molecular weight excluding hydrogens is 240 g/mol. The number of carbonyl (C=O) groups is 1. The van der Waals surface area contributed by atoms with Gasteiger partial charge in [0.15, 0.2) is 0 Å². The van der Waals surface area contributed by atoms with Gasteiger partial charge in [0.25, 0.3) is 0 Å². The van der Waals surface area contributed by atoms with E-state index in [4.69, 9.17) is 0 Å². The van der Waals surface area contributed by atoms with Crippen LogP contribution in [-0.2, 0) is 4.79 Å². The Morgan fingerprint density at radius 2 is 1.89 bits per heavy atom. The molecule has 1 aromatic carbocycles. The molecule has 4 heteroatoms. The second kappa shape index (κ2) is 6.38. The highest BCUT2D eigenvalue weighted by Crippen LogP contribution is 2.13. The number of carbonyl (C=O) groups excluding carboxylic acids is 1. The molecular formula is C15H22N2O2. The van der Waals surface area contributed by atoms with E-state index in [2.05, 4.69) is 5.32 Å². The first-order valence-electron chi connectivity index (χ1n) is 6.23. The van der Waals surface area contributed by atoms with E-state index < -0.39 is 5.60 Å². The molecule has 1 aromatic rings. The lowest BCUT2D eigenvalue weighted by atomic mass is 10.1. The first-order valence-corrected chi connectivity index (χ1v) is 6.23. The average molecular weight is 262 g/mol. The Bertz CT molecular complexity index is 442. The molecule has 1 rings (SSSR count). The zero-order valence-electron chi connectivity index (χ0n) is 12.0. The number of anilines is 1. The summed E-state index contributed by atoms with van der Waals surface area (Å²) in [5.74, 6) is -0.209. The van der Waals surface area contributed by atoms with E-state index in [9.17, 15) is 9.90 Å². The van der Waals surface area contributed by atoms with E-state index in [1.54, 1.807) is 19.9 Å². The highest BCUT2D eigenvalue weighted by atomic mass is 16.3. The topological polar surface area (TPSA) is 52.6 Å². The summed E-state index contributed by atoms with van der Waals surface area (Å²) in [6, 6.07) is 7.90. The van der Waals surface area contributed by atoms with E-state index in [-0.39, 0.29) is 12.5 Å². The van der Waals surface area contributed by atoms with Gasteiger partial charge in [0.2, 0.25) is 5.91 Å². The Morgan fingerprint density at radius 1 is 1.32 bits per heavy atom. The van der Waals surface area contributed by atoms with Gasteiger partial charge in [-0.2, -0.15) is 0 Å². The Kier molecular flexibility index (Phi) is 5.12. The van der Waals surface area contributed by atoms with Crippen LogP contribution >= 0.6 is 0 Å². The smallest absolute Gasteiger partial charge is 0.244 e. The van der Waals surface area contributed by atoms with Crippen LogP contribution in [0.2, 0.25) is 0 Å². The maximum atomic E-state index is 11.5. The molecule has 0 saturated heterocycles. The number of nitrogens with zero attached hydrogens (tertiary/aromatic N) is 1. The standard InChI is InChI=1S/C15H22N2O2/c1-15(2,19)11-16-14(18)10-7-12-5-8-13(9-6-12)17(3)4/h5-10,19H,11H2,1-4H3,(H,16,18). The van der Waals surface area contributed by atoms with Gasteiger partial charge in [-0.15, -0.1) is 0 Å². The molecule has 1 amide bonds. The lowest BCUT2D eigenvalue weighted by Crippen LogP contribution is -2.37. The molecule has 0 aliphatic carbocycles. The van der Waals surface area contributed by atoms with Crippen LogP contribution in [0.3, 0.4) is 0 Å². The Hall–Kier alpha value is -1.81. The van der Waals surface area contributed by atoms with Gasteiger partial charge in [0.1, 0.15) is 0 Å². The summed E-state index contributed by atoms with van der Waals surface area (Å²) < 4.78 is 0. The van der Waals surface area contributed by atoms with Gasteiger partial charge in [-0.05, 0) is 37.6 Å². The molecule has 0 bridgehead atoms. The number of nitrogens with one attached hydrogen (secondary N) is 1. The van der Waals surface area contributed by atoms with Crippen molar-refractivity contribution in [1.29, 1.82) is 0 Å². The van der Waals surface area contributed by atoms with Crippen LogP contribution in [0.5, 0.6) is 0 Å². The average Bonchev–Trinajstić information content (AvgIpc) is 2.33. The number of amides is 1. The third kappa shape index (κ3) is 6.06. The van der Waals surface area contributed by atoms with E-state index in [1.165, 1.54) is 6.08 Å². The molecule has 0 saturated carbocycles. The SMILES string of the molecule is CN(C)c1ccc(C=CC(=O)NCC(C)(C)O)cc1. The third-order valence-electron chi connectivity index (χ3n) is 2.53. The number of benzene rings is 1. The zero-order chi connectivity index (χ0) is 14.5.